The summed E-state index contributed by atoms with van der Waals surface area (Å²) >= 11 is 0. The Morgan fingerprint density at radius 2 is 1.35 bits per heavy atom. The van der Waals surface area contributed by atoms with Crippen LogP contribution < -0.4 is 0 Å². The molecule has 31 heavy (non-hydrogen) atoms. The third-order valence-electron chi connectivity index (χ3n) is 5.86. The third kappa shape index (κ3) is 11.8. The van der Waals surface area contributed by atoms with Crippen LogP contribution in [0.1, 0.15) is 66.2 Å². The summed E-state index contributed by atoms with van der Waals surface area (Å²) in [6.45, 7) is 18.3. The molecule has 0 aliphatic rings. The molecule has 0 aliphatic carbocycles. The van der Waals surface area contributed by atoms with Gasteiger partial charge in [0.05, 0.1) is 13.2 Å². The molecule has 1 atom stereocenters. The quantitative estimate of drug-likeness (QED) is 0.0970. The second-order valence-electron chi connectivity index (χ2n) is 8.35. The fourth-order valence-electron chi connectivity index (χ4n) is 4.76. The highest BCUT2D eigenvalue weighted by Crippen LogP contribution is 2.33. The zero-order chi connectivity index (χ0) is 23.5. The molecule has 0 aliphatic heterocycles. The molecule has 0 aromatic heterocycles. The molecule has 0 aromatic rings. The Labute approximate surface area is 194 Å². The minimum atomic E-state index is -1.66. The predicted octanol–water partition coefficient (Wildman–Crippen LogP) is 5.84. The fourth-order valence-corrected chi connectivity index (χ4v) is 17.6. The van der Waals surface area contributed by atoms with E-state index in [1.165, 1.54) is 74.6 Å². The number of hydrogen-bond donors (Lipinski definition) is 0. The van der Waals surface area contributed by atoms with Crippen molar-refractivity contribution in [2.24, 2.45) is 0 Å². The zero-order valence-electron chi connectivity index (χ0n) is 20.6. The van der Waals surface area contributed by atoms with Gasteiger partial charge in [0.1, 0.15) is 17.2 Å². The highest BCUT2D eigenvalue weighted by Gasteiger charge is 2.40. The van der Waals surface area contributed by atoms with Gasteiger partial charge < -0.3 is 13.7 Å². The van der Waals surface area contributed by atoms with Gasteiger partial charge in [-0.1, -0.05) is 60.1 Å². The van der Waals surface area contributed by atoms with Crippen molar-refractivity contribution < 1.29 is 19.1 Å². The molecule has 180 valence electrons. The molecule has 5 nitrogen and oxygen atoms in total. The van der Waals surface area contributed by atoms with E-state index in [4.69, 9.17) is 9.47 Å². The Morgan fingerprint density at radius 1 is 0.806 bits per heavy atom. The Balaban J connectivity index is 5.48. The van der Waals surface area contributed by atoms with E-state index in [1.807, 2.05) is 0 Å². The number of carbonyl (C=O) groups is 2. The van der Waals surface area contributed by atoms with Crippen molar-refractivity contribution in [3.8, 4) is 0 Å². The van der Waals surface area contributed by atoms with Crippen molar-refractivity contribution in [1.82, 2.24) is 4.23 Å². The molecular formula is C24H47NO4Si2. The van der Waals surface area contributed by atoms with E-state index in [0.717, 1.165) is 12.8 Å². The van der Waals surface area contributed by atoms with Crippen LogP contribution in [-0.2, 0) is 19.1 Å². The monoisotopic (exact) mass is 469 g/mol. The van der Waals surface area contributed by atoms with Crippen molar-refractivity contribution in [1.29, 1.82) is 0 Å². The highest BCUT2D eigenvalue weighted by molar-refractivity contribution is 6.85. The lowest BCUT2D eigenvalue weighted by Crippen LogP contribution is -2.60. The average Bonchev–Trinajstić information content (AvgIpc) is 2.77. The van der Waals surface area contributed by atoms with Crippen LogP contribution in [0.25, 0.3) is 0 Å². The summed E-state index contributed by atoms with van der Waals surface area (Å²) < 4.78 is 13.6. The molecular weight excluding hydrogens is 422 g/mol. The molecule has 0 radical (unpaired) electrons. The summed E-state index contributed by atoms with van der Waals surface area (Å²) in [5.74, 6) is -0.648. The lowest BCUT2D eigenvalue weighted by atomic mass is 10.5. The van der Waals surface area contributed by atoms with Crippen LogP contribution in [0, 0.1) is 0 Å². The maximum absolute atomic E-state index is 11.5. The number of hydrogen-bond acceptors (Lipinski definition) is 5. The molecule has 0 aromatic carbocycles. The number of rotatable bonds is 20. The molecule has 0 saturated carbocycles. The van der Waals surface area contributed by atoms with E-state index in [-0.39, 0.29) is 11.9 Å². The lowest BCUT2D eigenvalue weighted by molar-refractivity contribution is -0.138. The van der Waals surface area contributed by atoms with E-state index in [9.17, 15) is 9.59 Å². The minimum absolute atomic E-state index is 0.323. The summed E-state index contributed by atoms with van der Waals surface area (Å²) in [6, 6.07) is 6.32. The molecule has 1 unspecified atom stereocenters. The molecule has 0 fully saturated rings. The van der Waals surface area contributed by atoms with Crippen LogP contribution >= 0.6 is 0 Å². The average molecular weight is 470 g/mol. The summed E-state index contributed by atoms with van der Waals surface area (Å²) in [6.07, 6.45) is 9.17. The van der Waals surface area contributed by atoms with E-state index in [2.05, 4.69) is 45.1 Å². The first-order valence-electron chi connectivity index (χ1n) is 12.3. The molecule has 0 amide bonds. The predicted molar refractivity (Wildman–Crippen MR) is 136 cm³/mol. The smallest absolute Gasteiger partial charge is 0.330 e. The van der Waals surface area contributed by atoms with Gasteiger partial charge in [0, 0.05) is 12.2 Å². The van der Waals surface area contributed by atoms with Gasteiger partial charge in [-0.2, -0.15) is 0 Å². The summed E-state index contributed by atoms with van der Waals surface area (Å²) in [4.78, 5) is 22.8. The van der Waals surface area contributed by atoms with Crippen molar-refractivity contribution >= 4 is 29.1 Å². The lowest BCUT2D eigenvalue weighted by Gasteiger charge is -2.47. The largest absolute Gasteiger partial charge is 0.463 e. The van der Waals surface area contributed by atoms with Crippen molar-refractivity contribution in [2.75, 3.05) is 19.8 Å². The molecule has 0 spiro atoms. The van der Waals surface area contributed by atoms with Crippen molar-refractivity contribution in [2.45, 2.75) is 96.4 Å². The second-order valence-corrected chi connectivity index (χ2v) is 16.5. The number of esters is 2. The molecule has 0 rings (SSSR count). The second kappa shape index (κ2) is 18.4. The first-order valence-corrected chi connectivity index (χ1v) is 17.0. The van der Waals surface area contributed by atoms with Crippen LogP contribution in [0.5, 0.6) is 0 Å². The topological polar surface area (TPSA) is 55.8 Å². The van der Waals surface area contributed by atoms with Crippen LogP contribution in [0.3, 0.4) is 0 Å². The maximum atomic E-state index is 11.5. The van der Waals surface area contributed by atoms with Gasteiger partial charge in [0.15, 0.2) is 0 Å². The molecule has 0 saturated heterocycles. The van der Waals surface area contributed by atoms with E-state index in [1.54, 1.807) is 0 Å². The summed E-state index contributed by atoms with van der Waals surface area (Å²) in [7, 11) is -2.81. The van der Waals surface area contributed by atoms with E-state index in [0.29, 0.717) is 13.2 Å². The molecule has 0 heterocycles. The summed E-state index contributed by atoms with van der Waals surface area (Å²) in [5, 5.41) is 0. The zero-order valence-corrected chi connectivity index (χ0v) is 22.8. The Bertz CT molecular complexity index is 522. The first-order chi connectivity index (χ1) is 14.9. The van der Waals surface area contributed by atoms with Gasteiger partial charge in [-0.25, -0.2) is 9.59 Å². The maximum Gasteiger partial charge on any atom is 0.330 e. The van der Waals surface area contributed by atoms with E-state index >= 15 is 0 Å². The van der Waals surface area contributed by atoms with Gasteiger partial charge in [-0.05, 0) is 56.0 Å². The Morgan fingerprint density at radius 3 is 1.81 bits per heavy atom. The van der Waals surface area contributed by atoms with Crippen molar-refractivity contribution in [3.05, 3.63) is 25.3 Å². The number of carbonyl (C=O) groups excluding carboxylic acids is 2. The third-order valence-corrected chi connectivity index (χ3v) is 17.6. The Kier molecular flexibility index (Phi) is 17.7. The van der Waals surface area contributed by atoms with Gasteiger partial charge in [0.25, 0.3) is 0 Å². The van der Waals surface area contributed by atoms with Gasteiger partial charge in [0.2, 0.25) is 0 Å². The SMILES string of the molecule is C=CC(=O)OCCC[SiH](CCC)N(CCC)[Si](CCC)(CCC)CCCOC(=O)C=C. The van der Waals surface area contributed by atoms with Gasteiger partial charge >= 0.3 is 11.9 Å². The fraction of sp³-hybridized carbons (Fsp3) is 0.750. The molecule has 0 bridgehead atoms. The highest BCUT2D eigenvalue weighted by atomic mass is 28.4. The van der Waals surface area contributed by atoms with Crippen LogP contribution in [-0.4, -0.2) is 53.1 Å². The van der Waals surface area contributed by atoms with E-state index < -0.39 is 17.2 Å². The normalized spacial score (nSPS) is 12.4. The number of nitrogens with zero attached hydrogens (tertiary/aromatic N) is 1. The summed E-state index contributed by atoms with van der Waals surface area (Å²) in [5.41, 5.74) is 0. The van der Waals surface area contributed by atoms with Crippen molar-refractivity contribution in [3.63, 3.8) is 0 Å². The Hall–Kier alpha value is -1.19. The van der Waals surface area contributed by atoms with Gasteiger partial charge in [-0.15, -0.1) is 0 Å². The van der Waals surface area contributed by atoms with Gasteiger partial charge in [-0.3, -0.25) is 0 Å². The minimum Gasteiger partial charge on any atom is -0.463 e. The number of ether oxygens (including phenoxy) is 2. The first kappa shape index (κ1) is 29.8. The molecule has 7 heteroatoms. The van der Waals surface area contributed by atoms with Crippen LogP contribution in [0.15, 0.2) is 25.3 Å². The van der Waals surface area contributed by atoms with Crippen LogP contribution in [0.4, 0.5) is 0 Å². The molecule has 0 N–H and O–H groups in total. The van der Waals surface area contributed by atoms with Crippen LogP contribution in [0.2, 0.25) is 30.2 Å². The standard InChI is InChI=1S/C24H47NO4Si2/c1-7-15-25(30(18-8-2)19-13-16-28-23(26)11-5)31(20-9-3,21-10-4)22-14-17-29-24(27)12-6/h11-12,30H,5-10,13-22H2,1-4H3.